The molecule has 0 bridgehead atoms. The Morgan fingerprint density at radius 3 is 2.61 bits per heavy atom. The number of phenols is 1. The number of hydrogen-bond acceptors (Lipinski definition) is 6. The molecule has 0 fully saturated rings. The average Bonchev–Trinajstić information content (AvgIpc) is 3.16. The van der Waals surface area contributed by atoms with E-state index in [4.69, 9.17) is 4.74 Å². The van der Waals surface area contributed by atoms with Crippen molar-refractivity contribution in [3.8, 4) is 11.5 Å². The fraction of sp³-hybridized carbons (Fsp3) is 0.467. The highest BCUT2D eigenvalue weighted by molar-refractivity contribution is 7.84. The first-order valence-electron chi connectivity index (χ1n) is 13.1. The van der Waals surface area contributed by atoms with Gasteiger partial charge in [-0.3, -0.25) is 4.79 Å². The first kappa shape index (κ1) is 28.0. The monoisotopic (exact) mass is 539 g/mol. The van der Waals surface area contributed by atoms with Crippen molar-refractivity contribution in [1.82, 2.24) is 4.90 Å². The molecule has 2 heterocycles. The molecule has 2 aliphatic heterocycles. The quantitative estimate of drug-likeness (QED) is 0.245. The summed E-state index contributed by atoms with van der Waals surface area (Å²) in [6.45, 7) is 8.44. The molecule has 1 aromatic rings. The Labute approximate surface area is 229 Å². The lowest BCUT2D eigenvalue weighted by molar-refractivity contribution is -0.132. The van der Waals surface area contributed by atoms with Crippen molar-refractivity contribution in [2.45, 2.75) is 90.9 Å². The van der Waals surface area contributed by atoms with E-state index in [1.165, 1.54) is 17.2 Å². The summed E-state index contributed by atoms with van der Waals surface area (Å²) >= 11 is 4.33. The number of phenolic OH excluding ortho intramolecular Hbond substituents is 1. The molecule has 0 saturated heterocycles. The molecule has 0 saturated carbocycles. The molecule has 0 radical (unpaired) electrons. The molecule has 1 aliphatic carbocycles. The van der Waals surface area contributed by atoms with Crippen LogP contribution in [0.25, 0.3) is 0 Å². The summed E-state index contributed by atoms with van der Waals surface area (Å²) in [6.07, 6.45) is 9.48. The van der Waals surface area contributed by atoms with Gasteiger partial charge in [0.05, 0.1) is 23.8 Å². The fourth-order valence-corrected chi connectivity index (χ4v) is 5.72. The van der Waals surface area contributed by atoms with Crippen LogP contribution in [0.15, 0.2) is 51.6 Å². The zero-order valence-corrected chi connectivity index (χ0v) is 23.4. The van der Waals surface area contributed by atoms with Crippen LogP contribution in [0, 0.1) is 0 Å². The van der Waals surface area contributed by atoms with E-state index in [0.29, 0.717) is 45.9 Å². The van der Waals surface area contributed by atoms with Crippen molar-refractivity contribution in [2.24, 2.45) is 0 Å². The topological polar surface area (TPSA) is 107 Å². The molecule has 3 N–H and O–H groups in total. The molecule has 1 aromatic carbocycles. The van der Waals surface area contributed by atoms with Gasteiger partial charge >= 0.3 is 5.97 Å². The minimum atomic E-state index is -1.01. The first-order chi connectivity index (χ1) is 17.9. The van der Waals surface area contributed by atoms with Gasteiger partial charge in [-0.2, -0.15) is 0 Å². The number of aliphatic hydroxyl groups is 1. The Hall–Kier alpha value is -2.97. The second-order valence-corrected chi connectivity index (χ2v) is 11.5. The summed E-state index contributed by atoms with van der Waals surface area (Å²) in [5, 5.41) is 31.1. The van der Waals surface area contributed by atoms with E-state index in [0.717, 1.165) is 19.3 Å². The van der Waals surface area contributed by atoms with Crippen LogP contribution in [0.5, 0.6) is 11.5 Å². The summed E-state index contributed by atoms with van der Waals surface area (Å²) in [6, 6.07) is 1.46. The maximum Gasteiger partial charge on any atom is 0.332 e. The Balaban J connectivity index is 1.56. The maximum absolute atomic E-state index is 13.4. The van der Waals surface area contributed by atoms with Crippen LogP contribution in [-0.2, 0) is 17.8 Å². The Morgan fingerprint density at radius 2 is 1.95 bits per heavy atom. The average molecular weight is 540 g/mol. The highest BCUT2D eigenvalue weighted by atomic mass is 32.1. The molecule has 2 atom stereocenters. The van der Waals surface area contributed by atoms with Crippen LogP contribution in [0.3, 0.4) is 0 Å². The zero-order valence-electron chi connectivity index (χ0n) is 22.5. The molecule has 1 amide bonds. The Morgan fingerprint density at radius 1 is 1.21 bits per heavy atom. The van der Waals surface area contributed by atoms with E-state index in [9.17, 15) is 24.9 Å². The highest BCUT2D eigenvalue weighted by Crippen LogP contribution is 2.47. The number of carbonyl (C=O) groups excluding carboxylic acids is 1. The third kappa shape index (κ3) is 5.57. The molecule has 38 heavy (non-hydrogen) atoms. The van der Waals surface area contributed by atoms with Gasteiger partial charge in [0.1, 0.15) is 17.1 Å². The molecule has 7 nitrogen and oxygen atoms in total. The van der Waals surface area contributed by atoms with Gasteiger partial charge in [-0.05, 0) is 78.4 Å². The van der Waals surface area contributed by atoms with Crippen molar-refractivity contribution in [1.29, 1.82) is 0 Å². The number of allylic oxidation sites excluding steroid dienone is 6. The number of aliphatic hydroxyl groups excluding tert-OH is 1. The lowest BCUT2D eigenvalue weighted by Crippen LogP contribution is -2.49. The predicted molar refractivity (Wildman–Crippen MR) is 149 cm³/mol. The second kappa shape index (κ2) is 11.0. The molecule has 3 aliphatic rings. The second-order valence-electron chi connectivity index (χ2n) is 11.0. The maximum atomic E-state index is 13.4. The first-order valence-corrected chi connectivity index (χ1v) is 13.6. The molecule has 2 unspecified atom stereocenters. The number of rotatable bonds is 8. The number of carbonyl (C=O) groups is 2. The smallest absolute Gasteiger partial charge is 0.332 e. The number of carboxylic acids is 1. The van der Waals surface area contributed by atoms with Gasteiger partial charge in [0, 0.05) is 28.1 Å². The largest absolute Gasteiger partial charge is 0.508 e. The SMILES string of the molecule is CC(C)=CCC/C(C)=C/CCC1(C)Oc2c(c(O)cc3c2CN(C2=CC(S)=C(C(=O)O)CC2)C3=O)CC1O. The van der Waals surface area contributed by atoms with Crippen molar-refractivity contribution in [3.63, 3.8) is 0 Å². The number of thiol groups is 1. The summed E-state index contributed by atoms with van der Waals surface area (Å²) in [5.41, 5.74) is 4.20. The Bertz CT molecular complexity index is 1290. The molecule has 4 rings (SSSR count). The molecule has 0 spiro atoms. The standard InChI is InChI=1S/C30H37NO6S/c1-17(2)7-5-8-18(3)9-6-12-30(4)26(33)15-22-24(32)14-21-23(27(22)37-30)16-31(28(21)34)19-10-11-20(29(35)36)25(38)13-19/h7,9,13-14,26,32-33,38H,5-6,8,10-12,15-16H2,1-4H3,(H,35,36)/b18-9+. The summed E-state index contributed by atoms with van der Waals surface area (Å²) in [4.78, 5) is 26.7. The van der Waals surface area contributed by atoms with Crippen molar-refractivity contribution >= 4 is 24.5 Å². The number of nitrogens with zero attached hydrogens (tertiary/aromatic N) is 1. The summed E-state index contributed by atoms with van der Waals surface area (Å²) in [7, 11) is 0. The van der Waals surface area contributed by atoms with Gasteiger partial charge < -0.3 is 25.0 Å². The summed E-state index contributed by atoms with van der Waals surface area (Å²) < 4.78 is 6.45. The normalized spacial score (nSPS) is 23.1. The van der Waals surface area contributed by atoms with Gasteiger partial charge in [0.15, 0.2) is 0 Å². The summed E-state index contributed by atoms with van der Waals surface area (Å²) in [5.74, 6) is -0.872. The third-order valence-electron chi connectivity index (χ3n) is 7.77. The Kier molecular flexibility index (Phi) is 8.14. The van der Waals surface area contributed by atoms with E-state index >= 15 is 0 Å². The molecule has 8 heteroatoms. The zero-order chi connectivity index (χ0) is 27.8. The lowest BCUT2D eigenvalue weighted by Gasteiger charge is -2.41. The number of ether oxygens (including phenoxy) is 1. The van der Waals surface area contributed by atoms with E-state index in [-0.39, 0.29) is 36.6 Å². The number of aliphatic carboxylic acids is 1. The molecule has 204 valence electrons. The van der Waals surface area contributed by atoms with Crippen LogP contribution in [0.4, 0.5) is 0 Å². The molecule has 0 aromatic heterocycles. The van der Waals surface area contributed by atoms with Gasteiger partial charge in [0.25, 0.3) is 5.91 Å². The van der Waals surface area contributed by atoms with Gasteiger partial charge in [0.2, 0.25) is 0 Å². The third-order valence-corrected chi connectivity index (χ3v) is 8.17. The highest BCUT2D eigenvalue weighted by Gasteiger charge is 2.44. The van der Waals surface area contributed by atoms with E-state index in [1.807, 2.05) is 6.92 Å². The van der Waals surface area contributed by atoms with Crippen LogP contribution < -0.4 is 4.74 Å². The van der Waals surface area contributed by atoms with Crippen LogP contribution in [0.2, 0.25) is 0 Å². The minimum absolute atomic E-state index is 0.0642. The lowest BCUT2D eigenvalue weighted by atomic mass is 9.84. The number of aromatic hydroxyl groups is 1. The fourth-order valence-electron chi connectivity index (χ4n) is 5.36. The van der Waals surface area contributed by atoms with Crippen LogP contribution in [-0.4, -0.2) is 43.8 Å². The number of amides is 1. The van der Waals surface area contributed by atoms with Crippen LogP contribution in [0.1, 0.15) is 87.7 Å². The van der Waals surface area contributed by atoms with Crippen molar-refractivity contribution in [3.05, 3.63) is 68.3 Å². The van der Waals surface area contributed by atoms with Gasteiger partial charge in [-0.25, -0.2) is 4.79 Å². The van der Waals surface area contributed by atoms with E-state index < -0.39 is 17.7 Å². The molecular weight excluding hydrogens is 502 g/mol. The van der Waals surface area contributed by atoms with Gasteiger partial charge in [-0.1, -0.05) is 23.3 Å². The van der Waals surface area contributed by atoms with Crippen molar-refractivity contribution < 1.29 is 29.6 Å². The number of carboxylic acid groups (broad SMARTS) is 1. The van der Waals surface area contributed by atoms with Crippen LogP contribution >= 0.6 is 12.6 Å². The number of fused-ring (bicyclic) bond motifs is 3. The number of hydrogen-bond donors (Lipinski definition) is 4. The minimum Gasteiger partial charge on any atom is -0.508 e. The molecular formula is C30H37NO6S. The predicted octanol–water partition coefficient (Wildman–Crippen LogP) is 5.82. The number of benzene rings is 1. The van der Waals surface area contributed by atoms with E-state index in [1.54, 1.807) is 11.0 Å². The van der Waals surface area contributed by atoms with E-state index in [2.05, 4.69) is 45.6 Å². The van der Waals surface area contributed by atoms with Gasteiger partial charge in [-0.15, -0.1) is 12.6 Å². The van der Waals surface area contributed by atoms with Crippen molar-refractivity contribution in [2.75, 3.05) is 0 Å².